The van der Waals surface area contributed by atoms with Crippen LogP contribution in [0.1, 0.15) is 18.9 Å². The largest absolute Gasteiger partial charge is 0.334 e. The molecule has 0 saturated carbocycles. The highest BCUT2D eigenvalue weighted by Gasteiger charge is 2.21. The van der Waals surface area contributed by atoms with Gasteiger partial charge in [-0.05, 0) is 45.6 Å². The number of nitrogens with one attached hydrogen (secondary N) is 1. The molecule has 1 fully saturated rings. The summed E-state index contributed by atoms with van der Waals surface area (Å²) in [5.41, 5.74) is 1.26. The summed E-state index contributed by atoms with van der Waals surface area (Å²) in [7, 11) is 4.10. The van der Waals surface area contributed by atoms with Crippen LogP contribution in [0.25, 0.3) is 0 Å². The molecule has 1 aromatic carbocycles. The number of carbonyl (C=O) groups excluding carboxylic acids is 1. The minimum absolute atomic E-state index is 0.0794. The number of likely N-dealkylation sites (N-methyl/N-ethyl adjacent to an activating group) is 2. The quantitative estimate of drug-likeness (QED) is 0.865. The van der Waals surface area contributed by atoms with Gasteiger partial charge in [0.1, 0.15) is 0 Å². The summed E-state index contributed by atoms with van der Waals surface area (Å²) in [4.78, 5) is 19.2. The number of rotatable bonds is 6. The average molecular weight is 332 g/mol. The van der Waals surface area contributed by atoms with Crippen molar-refractivity contribution in [1.82, 2.24) is 20.0 Å². The van der Waals surface area contributed by atoms with Crippen molar-refractivity contribution in [3.63, 3.8) is 0 Å². The van der Waals surface area contributed by atoms with Crippen molar-refractivity contribution in [2.24, 2.45) is 0 Å². The zero-order valence-corrected chi connectivity index (χ0v) is 15.4. The van der Waals surface area contributed by atoms with Crippen LogP contribution in [0.15, 0.2) is 30.3 Å². The predicted molar refractivity (Wildman–Crippen MR) is 99.3 cm³/mol. The van der Waals surface area contributed by atoms with Gasteiger partial charge in [0.2, 0.25) is 0 Å². The Morgan fingerprint density at radius 2 is 1.92 bits per heavy atom. The summed E-state index contributed by atoms with van der Waals surface area (Å²) < 4.78 is 0. The molecule has 5 heteroatoms. The van der Waals surface area contributed by atoms with E-state index in [1.54, 1.807) is 0 Å². The van der Waals surface area contributed by atoms with E-state index in [0.717, 1.165) is 52.1 Å². The number of nitrogens with zero attached hydrogens (tertiary/aromatic N) is 3. The van der Waals surface area contributed by atoms with Gasteiger partial charge in [0.25, 0.3) is 0 Å². The third kappa shape index (κ3) is 6.13. The van der Waals surface area contributed by atoms with Gasteiger partial charge in [-0.3, -0.25) is 0 Å². The Bertz CT molecular complexity index is 491. The number of amides is 2. The first-order valence-corrected chi connectivity index (χ1v) is 9.05. The second-order valence-electron chi connectivity index (χ2n) is 6.87. The molecule has 2 rings (SSSR count). The molecule has 0 spiro atoms. The van der Waals surface area contributed by atoms with Crippen molar-refractivity contribution in [3.8, 4) is 0 Å². The van der Waals surface area contributed by atoms with E-state index in [-0.39, 0.29) is 12.1 Å². The lowest BCUT2D eigenvalue weighted by Gasteiger charge is -2.27. The van der Waals surface area contributed by atoms with Gasteiger partial charge in [-0.25, -0.2) is 4.79 Å². The van der Waals surface area contributed by atoms with Gasteiger partial charge in [-0.15, -0.1) is 0 Å². The fraction of sp³-hybridized carbons (Fsp3) is 0.632. The molecule has 0 aliphatic carbocycles. The maximum Gasteiger partial charge on any atom is 0.317 e. The number of benzene rings is 1. The van der Waals surface area contributed by atoms with E-state index in [2.05, 4.69) is 60.4 Å². The molecule has 0 bridgehead atoms. The van der Waals surface area contributed by atoms with Gasteiger partial charge in [-0.1, -0.05) is 37.3 Å². The molecule has 1 aromatic rings. The third-order valence-corrected chi connectivity index (χ3v) is 4.56. The standard InChI is InChI=1S/C19H32N4O/c1-4-22-11-8-12-23(14-13-22)19(24)20-18(16-21(2)3)15-17-9-6-5-7-10-17/h5-7,9-10,18H,4,8,11-16H2,1-3H3,(H,20,24)/t18-/m1/s1. The Hall–Kier alpha value is -1.59. The summed E-state index contributed by atoms with van der Waals surface area (Å²) in [6.45, 7) is 7.82. The van der Waals surface area contributed by atoms with E-state index in [1.807, 2.05) is 11.0 Å². The summed E-state index contributed by atoms with van der Waals surface area (Å²) >= 11 is 0. The lowest BCUT2D eigenvalue weighted by Crippen LogP contribution is -2.50. The molecule has 1 heterocycles. The highest BCUT2D eigenvalue weighted by Crippen LogP contribution is 2.07. The van der Waals surface area contributed by atoms with Crippen LogP contribution in [-0.4, -0.2) is 80.1 Å². The lowest BCUT2D eigenvalue weighted by molar-refractivity contribution is 0.191. The molecular formula is C19H32N4O. The topological polar surface area (TPSA) is 38.8 Å². The zero-order chi connectivity index (χ0) is 17.4. The van der Waals surface area contributed by atoms with Crippen molar-refractivity contribution in [1.29, 1.82) is 0 Å². The summed E-state index contributed by atoms with van der Waals surface area (Å²) in [5.74, 6) is 0. The van der Waals surface area contributed by atoms with E-state index in [0.29, 0.717) is 0 Å². The molecule has 0 aromatic heterocycles. The second kappa shape index (κ2) is 9.64. The SMILES string of the molecule is CCN1CCCN(C(=O)N[C@H](Cc2ccccc2)CN(C)C)CC1. The molecular weight excluding hydrogens is 300 g/mol. The van der Waals surface area contributed by atoms with E-state index >= 15 is 0 Å². The van der Waals surface area contributed by atoms with Crippen LogP contribution in [0.3, 0.4) is 0 Å². The van der Waals surface area contributed by atoms with Crippen molar-refractivity contribution in [2.75, 3.05) is 53.4 Å². The number of hydrogen-bond acceptors (Lipinski definition) is 3. The van der Waals surface area contributed by atoms with Gasteiger partial charge >= 0.3 is 6.03 Å². The monoisotopic (exact) mass is 332 g/mol. The van der Waals surface area contributed by atoms with Crippen molar-refractivity contribution < 1.29 is 4.79 Å². The minimum atomic E-state index is 0.0794. The van der Waals surface area contributed by atoms with Gasteiger partial charge in [0, 0.05) is 32.2 Å². The van der Waals surface area contributed by atoms with Gasteiger partial charge < -0.3 is 20.0 Å². The minimum Gasteiger partial charge on any atom is -0.334 e. The molecule has 1 saturated heterocycles. The van der Waals surface area contributed by atoms with Crippen LogP contribution in [0, 0.1) is 0 Å². The Morgan fingerprint density at radius 3 is 2.58 bits per heavy atom. The Kier molecular flexibility index (Phi) is 7.53. The fourth-order valence-electron chi connectivity index (χ4n) is 3.26. The number of urea groups is 1. The van der Waals surface area contributed by atoms with Crippen LogP contribution in [0.4, 0.5) is 4.79 Å². The zero-order valence-electron chi connectivity index (χ0n) is 15.4. The first kappa shape index (κ1) is 18.7. The van der Waals surface area contributed by atoms with Gasteiger partial charge in [0.05, 0.1) is 0 Å². The van der Waals surface area contributed by atoms with E-state index in [4.69, 9.17) is 0 Å². The summed E-state index contributed by atoms with van der Waals surface area (Å²) in [6.07, 6.45) is 1.91. The van der Waals surface area contributed by atoms with Crippen molar-refractivity contribution in [2.45, 2.75) is 25.8 Å². The lowest BCUT2D eigenvalue weighted by atomic mass is 10.1. The first-order chi connectivity index (χ1) is 11.6. The Balaban J connectivity index is 1.93. The Labute approximate surface area is 146 Å². The van der Waals surface area contributed by atoms with Crippen LogP contribution in [0.5, 0.6) is 0 Å². The van der Waals surface area contributed by atoms with Gasteiger partial charge in [-0.2, -0.15) is 0 Å². The van der Waals surface area contributed by atoms with Crippen LogP contribution < -0.4 is 5.32 Å². The van der Waals surface area contributed by atoms with Crippen LogP contribution in [-0.2, 0) is 6.42 Å². The molecule has 1 atom stereocenters. The van der Waals surface area contributed by atoms with Crippen LogP contribution >= 0.6 is 0 Å². The van der Waals surface area contributed by atoms with E-state index < -0.39 is 0 Å². The molecule has 1 aliphatic rings. The predicted octanol–water partition coefficient (Wildman–Crippen LogP) is 1.90. The molecule has 0 radical (unpaired) electrons. The normalized spacial score (nSPS) is 17.6. The fourth-order valence-corrected chi connectivity index (χ4v) is 3.26. The second-order valence-corrected chi connectivity index (χ2v) is 6.87. The summed E-state index contributed by atoms with van der Waals surface area (Å²) in [6, 6.07) is 10.6. The third-order valence-electron chi connectivity index (χ3n) is 4.56. The average Bonchev–Trinajstić information content (AvgIpc) is 2.80. The molecule has 1 N–H and O–H groups in total. The van der Waals surface area contributed by atoms with E-state index in [9.17, 15) is 4.79 Å². The van der Waals surface area contributed by atoms with Gasteiger partial charge in [0.15, 0.2) is 0 Å². The molecule has 24 heavy (non-hydrogen) atoms. The van der Waals surface area contributed by atoms with Crippen LogP contribution in [0.2, 0.25) is 0 Å². The molecule has 134 valence electrons. The number of hydrogen-bond donors (Lipinski definition) is 1. The maximum absolute atomic E-state index is 12.7. The Morgan fingerprint density at radius 1 is 1.17 bits per heavy atom. The van der Waals surface area contributed by atoms with Crippen molar-refractivity contribution >= 4 is 6.03 Å². The first-order valence-electron chi connectivity index (χ1n) is 9.05. The highest BCUT2D eigenvalue weighted by molar-refractivity contribution is 5.74. The molecule has 5 nitrogen and oxygen atoms in total. The molecule has 1 aliphatic heterocycles. The van der Waals surface area contributed by atoms with E-state index in [1.165, 1.54) is 5.56 Å². The smallest absolute Gasteiger partial charge is 0.317 e. The molecule has 0 unspecified atom stereocenters. The van der Waals surface area contributed by atoms with Crippen molar-refractivity contribution in [3.05, 3.63) is 35.9 Å². The maximum atomic E-state index is 12.7. The molecule has 2 amide bonds. The summed E-state index contributed by atoms with van der Waals surface area (Å²) in [5, 5.41) is 3.25. The highest BCUT2D eigenvalue weighted by atomic mass is 16.2. The number of carbonyl (C=O) groups is 1.